The lowest BCUT2D eigenvalue weighted by Gasteiger charge is -2.31. The maximum atomic E-state index is 12.1. The number of morpholine rings is 1. The van der Waals surface area contributed by atoms with Crippen molar-refractivity contribution in [3.8, 4) is 0 Å². The Morgan fingerprint density at radius 2 is 2.06 bits per heavy atom. The fourth-order valence-corrected chi connectivity index (χ4v) is 2.44. The summed E-state index contributed by atoms with van der Waals surface area (Å²) in [6, 6.07) is 0.338. The highest BCUT2D eigenvalue weighted by molar-refractivity contribution is 5.85. The molecular formula is C11H21ClN2O2. The molecule has 1 unspecified atom stereocenters. The van der Waals surface area contributed by atoms with E-state index in [1.807, 2.05) is 11.9 Å². The lowest BCUT2D eigenvalue weighted by atomic mass is 10.1. The number of carbonyl (C=O) groups is 1. The Balaban J connectivity index is 0.00000128. The Hall–Kier alpha value is -0.320. The zero-order valence-electron chi connectivity index (χ0n) is 9.78. The SMILES string of the molecule is CN(C(=O)C1COCCN1)C1CCCC1.Cl. The first kappa shape index (κ1) is 13.7. The average Bonchev–Trinajstić information content (AvgIpc) is 2.82. The van der Waals surface area contributed by atoms with E-state index in [2.05, 4.69) is 5.32 Å². The summed E-state index contributed by atoms with van der Waals surface area (Å²) in [7, 11) is 1.93. The molecular weight excluding hydrogens is 228 g/mol. The lowest BCUT2D eigenvalue weighted by molar-refractivity contribution is -0.137. The predicted molar refractivity (Wildman–Crippen MR) is 64.9 cm³/mol. The third-order valence-electron chi connectivity index (χ3n) is 3.44. The zero-order valence-corrected chi connectivity index (χ0v) is 10.6. The van der Waals surface area contributed by atoms with E-state index in [1.165, 1.54) is 12.8 Å². The van der Waals surface area contributed by atoms with E-state index < -0.39 is 0 Å². The van der Waals surface area contributed by atoms with Gasteiger partial charge in [0, 0.05) is 19.6 Å². The minimum absolute atomic E-state index is 0. The van der Waals surface area contributed by atoms with Crippen LogP contribution in [0.3, 0.4) is 0 Å². The molecule has 0 bridgehead atoms. The first-order valence-corrected chi connectivity index (χ1v) is 5.87. The van der Waals surface area contributed by atoms with Crippen molar-refractivity contribution < 1.29 is 9.53 Å². The van der Waals surface area contributed by atoms with Gasteiger partial charge in [-0.3, -0.25) is 4.79 Å². The second-order valence-electron chi connectivity index (χ2n) is 4.47. The van der Waals surface area contributed by atoms with Crippen LogP contribution in [0.2, 0.25) is 0 Å². The van der Waals surface area contributed by atoms with Crippen LogP contribution in [-0.4, -0.2) is 49.7 Å². The van der Waals surface area contributed by atoms with E-state index in [0.717, 1.165) is 26.0 Å². The standard InChI is InChI=1S/C11H20N2O2.ClH/c1-13(9-4-2-3-5-9)11(14)10-8-15-7-6-12-10;/h9-10,12H,2-8H2,1H3;1H. The van der Waals surface area contributed by atoms with Crippen LogP contribution in [0.15, 0.2) is 0 Å². The third-order valence-corrected chi connectivity index (χ3v) is 3.44. The number of carbonyl (C=O) groups excluding carboxylic acids is 1. The molecule has 0 spiro atoms. The molecule has 5 heteroatoms. The number of hydrogen-bond acceptors (Lipinski definition) is 3. The molecule has 0 aromatic carbocycles. The van der Waals surface area contributed by atoms with Gasteiger partial charge in [0.1, 0.15) is 6.04 Å². The van der Waals surface area contributed by atoms with Gasteiger partial charge in [0.2, 0.25) is 5.91 Å². The van der Waals surface area contributed by atoms with Gasteiger partial charge in [-0.15, -0.1) is 12.4 Å². The number of nitrogens with one attached hydrogen (secondary N) is 1. The van der Waals surface area contributed by atoms with Gasteiger partial charge in [-0.05, 0) is 12.8 Å². The molecule has 0 aromatic rings. The van der Waals surface area contributed by atoms with Crippen LogP contribution in [0.5, 0.6) is 0 Å². The zero-order chi connectivity index (χ0) is 10.7. The van der Waals surface area contributed by atoms with Crippen molar-refractivity contribution >= 4 is 18.3 Å². The van der Waals surface area contributed by atoms with E-state index in [9.17, 15) is 4.79 Å². The molecule has 1 saturated heterocycles. The summed E-state index contributed by atoms with van der Waals surface area (Å²) in [5, 5.41) is 3.21. The fourth-order valence-electron chi connectivity index (χ4n) is 2.44. The van der Waals surface area contributed by atoms with Gasteiger partial charge < -0.3 is 15.0 Å². The van der Waals surface area contributed by atoms with Crippen LogP contribution in [0, 0.1) is 0 Å². The van der Waals surface area contributed by atoms with Gasteiger partial charge in [0.25, 0.3) is 0 Å². The highest BCUT2D eigenvalue weighted by Gasteiger charge is 2.29. The van der Waals surface area contributed by atoms with E-state index in [-0.39, 0.29) is 24.4 Å². The second-order valence-corrected chi connectivity index (χ2v) is 4.47. The monoisotopic (exact) mass is 248 g/mol. The summed E-state index contributed by atoms with van der Waals surface area (Å²) in [5.74, 6) is 0.196. The summed E-state index contributed by atoms with van der Waals surface area (Å²) in [5.41, 5.74) is 0. The van der Waals surface area contributed by atoms with Crippen LogP contribution in [0.25, 0.3) is 0 Å². The molecule has 2 fully saturated rings. The molecule has 1 atom stereocenters. The second kappa shape index (κ2) is 6.42. The van der Waals surface area contributed by atoms with Crippen molar-refractivity contribution in [2.75, 3.05) is 26.8 Å². The number of rotatable bonds is 2. The van der Waals surface area contributed by atoms with E-state index in [0.29, 0.717) is 12.6 Å². The summed E-state index contributed by atoms with van der Waals surface area (Å²) in [4.78, 5) is 14.0. The van der Waals surface area contributed by atoms with Gasteiger partial charge in [0.05, 0.1) is 13.2 Å². The summed E-state index contributed by atoms with van der Waals surface area (Å²) >= 11 is 0. The first-order chi connectivity index (χ1) is 7.29. The van der Waals surface area contributed by atoms with Gasteiger partial charge in [-0.1, -0.05) is 12.8 Å². The molecule has 2 aliphatic rings. The van der Waals surface area contributed by atoms with Crippen molar-refractivity contribution in [2.45, 2.75) is 37.8 Å². The van der Waals surface area contributed by atoms with Crippen LogP contribution in [0.1, 0.15) is 25.7 Å². The molecule has 16 heavy (non-hydrogen) atoms. The molecule has 1 heterocycles. The Morgan fingerprint density at radius 3 is 2.62 bits per heavy atom. The first-order valence-electron chi connectivity index (χ1n) is 5.87. The normalized spacial score (nSPS) is 26.2. The van der Waals surface area contributed by atoms with Crippen LogP contribution < -0.4 is 5.32 Å². The van der Waals surface area contributed by atoms with Gasteiger partial charge in [0.15, 0.2) is 0 Å². The predicted octanol–water partition coefficient (Wildman–Crippen LogP) is 0.798. The number of hydrogen-bond donors (Lipinski definition) is 1. The summed E-state index contributed by atoms with van der Waals surface area (Å²) < 4.78 is 5.31. The van der Waals surface area contributed by atoms with Gasteiger partial charge in [-0.2, -0.15) is 0 Å². The highest BCUT2D eigenvalue weighted by atomic mass is 35.5. The lowest BCUT2D eigenvalue weighted by Crippen LogP contribution is -2.53. The van der Waals surface area contributed by atoms with Crippen molar-refractivity contribution in [2.24, 2.45) is 0 Å². The smallest absolute Gasteiger partial charge is 0.242 e. The van der Waals surface area contributed by atoms with Crippen molar-refractivity contribution in [3.05, 3.63) is 0 Å². The van der Waals surface area contributed by atoms with Crippen molar-refractivity contribution in [3.63, 3.8) is 0 Å². The van der Waals surface area contributed by atoms with Crippen molar-refractivity contribution in [1.82, 2.24) is 10.2 Å². The molecule has 4 nitrogen and oxygen atoms in total. The largest absolute Gasteiger partial charge is 0.378 e. The van der Waals surface area contributed by atoms with Crippen LogP contribution in [0.4, 0.5) is 0 Å². The van der Waals surface area contributed by atoms with E-state index in [1.54, 1.807) is 0 Å². The molecule has 2 rings (SSSR count). The highest BCUT2D eigenvalue weighted by Crippen LogP contribution is 2.22. The quantitative estimate of drug-likeness (QED) is 0.786. The van der Waals surface area contributed by atoms with E-state index >= 15 is 0 Å². The molecule has 1 N–H and O–H groups in total. The summed E-state index contributed by atoms with van der Waals surface area (Å²) in [6.45, 7) is 2.03. The molecule has 1 aliphatic carbocycles. The molecule has 1 amide bonds. The fraction of sp³-hybridized carbons (Fsp3) is 0.909. The van der Waals surface area contributed by atoms with Crippen LogP contribution in [-0.2, 0) is 9.53 Å². The number of halogens is 1. The molecule has 1 aliphatic heterocycles. The van der Waals surface area contributed by atoms with Gasteiger partial charge in [-0.25, -0.2) is 0 Å². The average molecular weight is 249 g/mol. The molecule has 94 valence electrons. The Labute approximate surface area is 103 Å². The minimum Gasteiger partial charge on any atom is -0.378 e. The Morgan fingerprint density at radius 1 is 1.38 bits per heavy atom. The van der Waals surface area contributed by atoms with E-state index in [4.69, 9.17) is 4.74 Å². The molecule has 0 aromatic heterocycles. The maximum Gasteiger partial charge on any atom is 0.242 e. The Bertz CT molecular complexity index is 226. The maximum absolute atomic E-state index is 12.1. The Kier molecular flexibility index (Phi) is 5.52. The summed E-state index contributed by atoms with van der Waals surface area (Å²) in [6.07, 6.45) is 4.85. The minimum atomic E-state index is -0.121. The number of likely N-dealkylation sites (N-methyl/N-ethyl adjacent to an activating group) is 1. The third kappa shape index (κ3) is 3.09. The van der Waals surface area contributed by atoms with Crippen molar-refractivity contribution in [1.29, 1.82) is 0 Å². The van der Waals surface area contributed by atoms with Crippen LogP contribution >= 0.6 is 12.4 Å². The number of nitrogens with zero attached hydrogens (tertiary/aromatic N) is 1. The molecule has 0 radical (unpaired) electrons. The number of ether oxygens (including phenoxy) is 1. The van der Waals surface area contributed by atoms with Gasteiger partial charge >= 0.3 is 0 Å². The molecule has 1 saturated carbocycles. The number of amides is 1. The topological polar surface area (TPSA) is 41.6 Å².